The van der Waals surface area contributed by atoms with E-state index in [1.807, 2.05) is 6.08 Å². The highest BCUT2D eigenvalue weighted by atomic mass is 16.3. The summed E-state index contributed by atoms with van der Waals surface area (Å²) in [5, 5.41) is 1.23. The largest absolute Gasteiger partial charge is 0.460 e. The molecule has 2 N–H and O–H groups in total. The second-order valence-corrected chi connectivity index (χ2v) is 5.52. The summed E-state index contributed by atoms with van der Waals surface area (Å²) in [5.74, 6) is 1.13. The van der Waals surface area contributed by atoms with Gasteiger partial charge in [-0.1, -0.05) is 24.3 Å². The van der Waals surface area contributed by atoms with Crippen molar-refractivity contribution in [1.29, 1.82) is 0 Å². The summed E-state index contributed by atoms with van der Waals surface area (Å²) in [4.78, 5) is 0. The van der Waals surface area contributed by atoms with Crippen molar-refractivity contribution in [3.05, 3.63) is 59.0 Å². The molecule has 2 aromatic rings. The number of rotatable bonds is 1. The zero-order chi connectivity index (χ0) is 13.5. The first kappa shape index (κ1) is 11.6. The summed E-state index contributed by atoms with van der Waals surface area (Å²) in [6.45, 7) is 0. The van der Waals surface area contributed by atoms with Crippen molar-refractivity contribution in [1.82, 2.24) is 0 Å². The van der Waals surface area contributed by atoms with Crippen molar-refractivity contribution in [3.8, 4) is 0 Å². The molecule has 0 amide bonds. The lowest BCUT2D eigenvalue weighted by molar-refractivity contribution is 0.546. The molecule has 100 valence electrons. The highest BCUT2D eigenvalue weighted by Gasteiger charge is 2.15. The SMILES string of the molecule is NC1=CC=C(c2ccc3oc4c(c3c2)C=CCC4)CC1. The van der Waals surface area contributed by atoms with Crippen LogP contribution in [0.3, 0.4) is 0 Å². The summed E-state index contributed by atoms with van der Waals surface area (Å²) in [6.07, 6.45) is 12.6. The first-order valence-corrected chi connectivity index (χ1v) is 7.19. The predicted molar refractivity (Wildman–Crippen MR) is 83.1 cm³/mol. The van der Waals surface area contributed by atoms with Crippen molar-refractivity contribution < 1.29 is 4.42 Å². The summed E-state index contributed by atoms with van der Waals surface area (Å²) in [6, 6.07) is 6.51. The van der Waals surface area contributed by atoms with Gasteiger partial charge in [0.05, 0.1) is 0 Å². The highest BCUT2D eigenvalue weighted by molar-refractivity contribution is 5.91. The van der Waals surface area contributed by atoms with E-state index in [9.17, 15) is 0 Å². The molecule has 20 heavy (non-hydrogen) atoms. The quantitative estimate of drug-likeness (QED) is 0.827. The molecule has 2 nitrogen and oxygen atoms in total. The molecule has 2 aliphatic rings. The third-order valence-electron chi connectivity index (χ3n) is 4.18. The zero-order valence-electron chi connectivity index (χ0n) is 11.4. The molecule has 1 aromatic heterocycles. The van der Waals surface area contributed by atoms with Gasteiger partial charge in [-0.3, -0.25) is 0 Å². The van der Waals surface area contributed by atoms with E-state index < -0.39 is 0 Å². The second-order valence-electron chi connectivity index (χ2n) is 5.52. The predicted octanol–water partition coefficient (Wildman–Crippen LogP) is 4.41. The minimum atomic E-state index is 0.952. The van der Waals surface area contributed by atoms with Crippen LogP contribution in [-0.4, -0.2) is 0 Å². The first-order valence-electron chi connectivity index (χ1n) is 7.19. The van der Waals surface area contributed by atoms with E-state index in [0.29, 0.717) is 0 Å². The number of allylic oxidation sites excluding steroid dienone is 5. The average molecular weight is 263 g/mol. The monoisotopic (exact) mass is 263 g/mol. The number of benzene rings is 1. The number of furan rings is 1. The minimum Gasteiger partial charge on any atom is -0.460 e. The molecule has 0 atom stereocenters. The topological polar surface area (TPSA) is 39.2 Å². The number of aryl methyl sites for hydroxylation is 1. The van der Waals surface area contributed by atoms with Crippen LogP contribution in [0.4, 0.5) is 0 Å². The molecule has 0 radical (unpaired) electrons. The minimum absolute atomic E-state index is 0.952. The lowest BCUT2D eigenvalue weighted by atomic mass is 9.94. The van der Waals surface area contributed by atoms with Gasteiger partial charge in [-0.25, -0.2) is 0 Å². The average Bonchev–Trinajstić information content (AvgIpc) is 2.86. The Morgan fingerprint density at radius 2 is 2.00 bits per heavy atom. The third-order valence-corrected chi connectivity index (χ3v) is 4.18. The van der Waals surface area contributed by atoms with Crippen LogP contribution in [0.2, 0.25) is 0 Å². The van der Waals surface area contributed by atoms with Crippen LogP contribution in [0.1, 0.15) is 36.1 Å². The van der Waals surface area contributed by atoms with Gasteiger partial charge in [-0.15, -0.1) is 0 Å². The lowest BCUT2D eigenvalue weighted by Gasteiger charge is -2.12. The fraction of sp³-hybridized carbons (Fsp3) is 0.222. The van der Waals surface area contributed by atoms with Crippen LogP contribution in [0.25, 0.3) is 22.6 Å². The molecule has 0 spiro atoms. The first-order chi connectivity index (χ1) is 9.81. The van der Waals surface area contributed by atoms with E-state index in [1.165, 1.54) is 22.1 Å². The molecule has 1 aromatic carbocycles. The van der Waals surface area contributed by atoms with Crippen LogP contribution in [0.15, 0.2) is 46.5 Å². The Bertz CT molecular complexity index is 774. The maximum atomic E-state index is 5.95. The van der Waals surface area contributed by atoms with Crippen molar-refractivity contribution in [2.45, 2.75) is 25.7 Å². The Morgan fingerprint density at radius 1 is 1.05 bits per heavy atom. The third kappa shape index (κ3) is 1.80. The van der Waals surface area contributed by atoms with Gasteiger partial charge in [0.1, 0.15) is 11.3 Å². The Labute approximate surface area is 118 Å². The molecule has 4 rings (SSSR count). The number of nitrogens with two attached hydrogens (primary N) is 1. The normalized spacial score (nSPS) is 17.8. The number of hydrogen-bond donors (Lipinski definition) is 1. The van der Waals surface area contributed by atoms with Crippen LogP contribution >= 0.6 is 0 Å². The van der Waals surface area contributed by atoms with Crippen molar-refractivity contribution in [3.63, 3.8) is 0 Å². The lowest BCUT2D eigenvalue weighted by Crippen LogP contribution is -2.01. The number of fused-ring (bicyclic) bond motifs is 3. The Morgan fingerprint density at radius 3 is 2.85 bits per heavy atom. The van der Waals surface area contributed by atoms with Gasteiger partial charge >= 0.3 is 0 Å². The van der Waals surface area contributed by atoms with E-state index >= 15 is 0 Å². The van der Waals surface area contributed by atoms with Gasteiger partial charge < -0.3 is 10.2 Å². The van der Waals surface area contributed by atoms with Crippen LogP contribution in [0.5, 0.6) is 0 Å². The maximum absolute atomic E-state index is 5.95. The summed E-state index contributed by atoms with van der Waals surface area (Å²) >= 11 is 0. The standard InChI is InChI=1S/C18H17NO/c19-14-8-5-12(6-9-14)13-7-10-18-16(11-13)15-3-1-2-4-17(15)20-18/h1,3,5,7-8,10-11H,2,4,6,9,19H2. The van der Waals surface area contributed by atoms with E-state index in [0.717, 1.165) is 42.7 Å². The van der Waals surface area contributed by atoms with Crippen LogP contribution < -0.4 is 5.73 Å². The Kier molecular flexibility index (Phi) is 2.56. The van der Waals surface area contributed by atoms with Crippen molar-refractivity contribution in [2.24, 2.45) is 5.73 Å². The van der Waals surface area contributed by atoms with Crippen LogP contribution in [0, 0.1) is 0 Å². The number of hydrogen-bond acceptors (Lipinski definition) is 2. The van der Waals surface area contributed by atoms with E-state index in [4.69, 9.17) is 10.2 Å². The van der Waals surface area contributed by atoms with Crippen molar-refractivity contribution >= 4 is 22.6 Å². The fourth-order valence-electron chi connectivity index (χ4n) is 3.05. The van der Waals surface area contributed by atoms with Crippen LogP contribution in [-0.2, 0) is 6.42 Å². The van der Waals surface area contributed by atoms with Gasteiger partial charge in [0.2, 0.25) is 0 Å². The summed E-state index contributed by atoms with van der Waals surface area (Å²) in [7, 11) is 0. The second kappa shape index (κ2) is 4.41. The van der Waals surface area contributed by atoms with Gasteiger partial charge in [0, 0.05) is 23.1 Å². The molecule has 0 saturated carbocycles. The molecule has 0 aliphatic heterocycles. The van der Waals surface area contributed by atoms with Gasteiger partial charge in [-0.2, -0.15) is 0 Å². The molecule has 0 bridgehead atoms. The molecular weight excluding hydrogens is 246 g/mol. The fourth-order valence-corrected chi connectivity index (χ4v) is 3.05. The molecule has 0 fully saturated rings. The zero-order valence-corrected chi connectivity index (χ0v) is 11.4. The van der Waals surface area contributed by atoms with E-state index in [2.05, 4.69) is 36.4 Å². The molecule has 1 heterocycles. The smallest absolute Gasteiger partial charge is 0.134 e. The summed E-state index contributed by atoms with van der Waals surface area (Å²) < 4.78 is 5.95. The van der Waals surface area contributed by atoms with E-state index in [-0.39, 0.29) is 0 Å². The van der Waals surface area contributed by atoms with Gasteiger partial charge in [-0.05, 0) is 48.6 Å². The van der Waals surface area contributed by atoms with Crippen molar-refractivity contribution in [2.75, 3.05) is 0 Å². The van der Waals surface area contributed by atoms with Gasteiger partial charge in [0.25, 0.3) is 0 Å². The summed E-state index contributed by atoms with van der Waals surface area (Å²) in [5.41, 5.74) is 11.7. The molecule has 2 heteroatoms. The molecule has 0 unspecified atom stereocenters. The molecule has 2 aliphatic carbocycles. The highest BCUT2D eigenvalue weighted by Crippen LogP contribution is 2.34. The Hall–Kier alpha value is -2.22. The van der Waals surface area contributed by atoms with E-state index in [1.54, 1.807) is 0 Å². The maximum Gasteiger partial charge on any atom is 0.134 e. The van der Waals surface area contributed by atoms with Gasteiger partial charge in [0.15, 0.2) is 0 Å². The molecule has 0 saturated heterocycles. The molecular formula is C18H17NO. The Balaban J connectivity index is 1.85.